The van der Waals surface area contributed by atoms with Crippen molar-refractivity contribution >= 4 is 40.1 Å². The molecule has 2 aliphatic rings. The summed E-state index contributed by atoms with van der Waals surface area (Å²) in [6, 6.07) is 8.23. The van der Waals surface area contributed by atoms with E-state index in [1.165, 1.54) is 0 Å². The smallest absolute Gasteiger partial charge is 0.291 e. The fourth-order valence-electron chi connectivity index (χ4n) is 4.50. The fraction of sp³-hybridized carbons (Fsp3) is 0.333. The third-order valence-corrected chi connectivity index (χ3v) is 7.00. The maximum Gasteiger partial charge on any atom is 0.291 e. The second-order valence-electron chi connectivity index (χ2n) is 8.28. The molecule has 0 unspecified atom stereocenters. The predicted octanol–water partition coefficient (Wildman–Crippen LogP) is 5.44. The van der Waals surface area contributed by atoms with Crippen molar-refractivity contribution in [1.29, 1.82) is 0 Å². The fourth-order valence-corrected chi connectivity index (χ4v) is 4.81. The van der Waals surface area contributed by atoms with Gasteiger partial charge in [-0.15, -0.1) is 0 Å². The third-order valence-electron chi connectivity index (χ3n) is 6.27. The van der Waals surface area contributed by atoms with Gasteiger partial charge >= 0.3 is 0 Å². The normalized spacial score (nSPS) is 20.6. The summed E-state index contributed by atoms with van der Waals surface area (Å²) in [5.74, 6) is -0.214. The van der Waals surface area contributed by atoms with Crippen molar-refractivity contribution in [3.8, 4) is 0 Å². The average Bonchev–Trinajstić information content (AvgIpc) is 3.34. The number of amides is 1. The summed E-state index contributed by atoms with van der Waals surface area (Å²) in [6.07, 6.45) is 1.75. The summed E-state index contributed by atoms with van der Waals surface area (Å²) < 4.78 is 11.8. The molecule has 3 heterocycles. The summed E-state index contributed by atoms with van der Waals surface area (Å²) in [5.41, 5.74) is 3.28. The second-order valence-corrected chi connectivity index (χ2v) is 9.09. The first kappa shape index (κ1) is 20.6. The number of halogens is 2. The number of fused-ring (bicyclic) bond motifs is 2. The molecule has 0 N–H and O–H groups in total. The first-order valence-electron chi connectivity index (χ1n) is 10.3. The average molecular weight is 458 g/mol. The summed E-state index contributed by atoms with van der Waals surface area (Å²) in [4.78, 5) is 28.7. The third kappa shape index (κ3) is 3.36. The van der Waals surface area contributed by atoms with Crippen LogP contribution < -0.4 is 5.43 Å². The minimum Gasteiger partial charge on any atom is -0.450 e. The van der Waals surface area contributed by atoms with E-state index >= 15 is 0 Å². The van der Waals surface area contributed by atoms with Gasteiger partial charge in [0.05, 0.1) is 33.1 Å². The molecular weight excluding hydrogens is 437 g/mol. The van der Waals surface area contributed by atoms with Gasteiger partial charge in [-0.25, -0.2) is 0 Å². The van der Waals surface area contributed by atoms with E-state index in [0.29, 0.717) is 39.7 Å². The Kier molecular flexibility index (Phi) is 5.08. The molecular formula is C24H21Cl2NO4. The number of rotatable bonds is 3. The first-order chi connectivity index (χ1) is 14.8. The highest BCUT2D eigenvalue weighted by molar-refractivity contribution is 6.42. The number of benzene rings is 2. The van der Waals surface area contributed by atoms with Crippen LogP contribution in [0, 0.1) is 13.8 Å². The van der Waals surface area contributed by atoms with E-state index in [1.54, 1.807) is 23.1 Å². The lowest BCUT2D eigenvalue weighted by Gasteiger charge is -2.27. The van der Waals surface area contributed by atoms with Crippen molar-refractivity contribution < 1.29 is 13.9 Å². The molecule has 1 fully saturated rings. The Bertz CT molecular complexity index is 1280. The number of hydrogen-bond acceptors (Lipinski definition) is 4. The number of ether oxygens (including phenoxy) is 1. The van der Waals surface area contributed by atoms with Crippen molar-refractivity contribution in [2.24, 2.45) is 0 Å². The topological polar surface area (TPSA) is 59.8 Å². The van der Waals surface area contributed by atoms with E-state index in [2.05, 4.69) is 0 Å². The van der Waals surface area contributed by atoms with Gasteiger partial charge < -0.3 is 14.1 Å². The first-order valence-corrected chi connectivity index (χ1v) is 11.1. The number of nitrogens with zero attached hydrogens (tertiary/aromatic N) is 1. The summed E-state index contributed by atoms with van der Waals surface area (Å²) in [5, 5.41) is 1.25. The monoisotopic (exact) mass is 457 g/mol. The molecule has 0 saturated carbocycles. The Morgan fingerprint density at radius 1 is 1.06 bits per heavy atom. The molecule has 1 saturated heterocycles. The minimum absolute atomic E-state index is 0.0717. The summed E-state index contributed by atoms with van der Waals surface area (Å²) in [6.45, 7) is 4.96. The Morgan fingerprint density at radius 3 is 2.55 bits per heavy atom. The van der Waals surface area contributed by atoms with Crippen LogP contribution in [0.3, 0.4) is 0 Å². The Morgan fingerprint density at radius 2 is 1.84 bits per heavy atom. The van der Waals surface area contributed by atoms with E-state index in [-0.39, 0.29) is 23.2 Å². The van der Waals surface area contributed by atoms with Crippen LogP contribution in [0.25, 0.3) is 11.0 Å². The van der Waals surface area contributed by atoms with Crippen LogP contribution in [0.4, 0.5) is 0 Å². The second kappa shape index (κ2) is 7.66. The van der Waals surface area contributed by atoms with Crippen molar-refractivity contribution in [2.45, 2.75) is 38.8 Å². The zero-order valence-electron chi connectivity index (χ0n) is 17.2. The molecule has 0 radical (unpaired) electrons. The minimum atomic E-state index is -0.608. The van der Waals surface area contributed by atoms with Gasteiger partial charge in [-0.2, -0.15) is 0 Å². The number of aryl methyl sites for hydroxylation is 2. The zero-order chi connectivity index (χ0) is 21.9. The standard InChI is InChI=1S/C24H21Cl2NO4/c1-12-8-16-19(9-13(12)2)31-23-20(22(16)28)21(14-5-6-17(25)18(26)10-14)27(24(23)29)11-15-4-3-7-30-15/h5-6,8-10,15,21H,3-4,7,11H2,1-2H3/t15-,21+/m0/s1. The highest BCUT2D eigenvalue weighted by Crippen LogP contribution is 2.40. The van der Waals surface area contributed by atoms with Gasteiger partial charge in [-0.3, -0.25) is 9.59 Å². The molecule has 0 bridgehead atoms. The lowest BCUT2D eigenvalue weighted by Crippen LogP contribution is -2.36. The zero-order valence-corrected chi connectivity index (χ0v) is 18.7. The van der Waals surface area contributed by atoms with Crippen LogP contribution in [-0.2, 0) is 4.74 Å². The molecule has 2 aliphatic heterocycles. The van der Waals surface area contributed by atoms with Gasteiger partial charge in [0.15, 0.2) is 5.43 Å². The summed E-state index contributed by atoms with van der Waals surface area (Å²) in [7, 11) is 0. The van der Waals surface area contributed by atoms with Gasteiger partial charge in [0.25, 0.3) is 5.91 Å². The van der Waals surface area contributed by atoms with E-state index in [0.717, 1.165) is 29.5 Å². The quantitative estimate of drug-likeness (QED) is 0.525. The van der Waals surface area contributed by atoms with Crippen LogP contribution >= 0.6 is 23.2 Å². The van der Waals surface area contributed by atoms with Gasteiger partial charge in [-0.1, -0.05) is 29.3 Å². The molecule has 7 heteroatoms. The van der Waals surface area contributed by atoms with Gasteiger partial charge in [0.2, 0.25) is 5.76 Å². The molecule has 2 aromatic carbocycles. The van der Waals surface area contributed by atoms with Gasteiger partial charge in [0.1, 0.15) is 5.58 Å². The van der Waals surface area contributed by atoms with Crippen LogP contribution in [-0.4, -0.2) is 30.1 Å². The maximum absolute atomic E-state index is 13.6. The highest BCUT2D eigenvalue weighted by Gasteiger charge is 2.44. The molecule has 5 nitrogen and oxygen atoms in total. The van der Waals surface area contributed by atoms with Gasteiger partial charge in [-0.05, 0) is 67.6 Å². The number of hydrogen-bond donors (Lipinski definition) is 0. The molecule has 3 aromatic rings. The molecule has 5 rings (SSSR count). The highest BCUT2D eigenvalue weighted by atomic mass is 35.5. The largest absolute Gasteiger partial charge is 0.450 e. The number of carbonyl (C=O) groups is 1. The Balaban J connectivity index is 1.73. The predicted molar refractivity (Wildman–Crippen MR) is 120 cm³/mol. The SMILES string of the molecule is Cc1cc2oc3c(c(=O)c2cc1C)[C@@H](c1ccc(Cl)c(Cl)c1)N(C[C@@H]1CCCO1)C3=O. The van der Waals surface area contributed by atoms with Crippen LogP contribution in [0.2, 0.25) is 10.0 Å². The van der Waals surface area contributed by atoms with Gasteiger partial charge in [0, 0.05) is 13.2 Å². The molecule has 160 valence electrons. The number of carbonyl (C=O) groups excluding carboxylic acids is 1. The molecule has 0 aliphatic carbocycles. The van der Waals surface area contributed by atoms with Crippen LogP contribution in [0.5, 0.6) is 0 Å². The van der Waals surface area contributed by atoms with Crippen LogP contribution in [0.1, 0.15) is 51.7 Å². The lowest BCUT2D eigenvalue weighted by molar-refractivity contribution is 0.0486. The lowest BCUT2D eigenvalue weighted by atomic mass is 9.97. The molecule has 1 amide bonds. The van der Waals surface area contributed by atoms with Crippen molar-refractivity contribution in [1.82, 2.24) is 4.90 Å². The van der Waals surface area contributed by atoms with Crippen molar-refractivity contribution in [2.75, 3.05) is 13.2 Å². The molecule has 2 atom stereocenters. The van der Waals surface area contributed by atoms with E-state index in [1.807, 2.05) is 26.0 Å². The molecule has 31 heavy (non-hydrogen) atoms. The molecule has 0 spiro atoms. The Labute approximate surface area is 189 Å². The van der Waals surface area contributed by atoms with Crippen molar-refractivity contribution in [3.05, 3.63) is 78.6 Å². The van der Waals surface area contributed by atoms with E-state index in [9.17, 15) is 9.59 Å². The van der Waals surface area contributed by atoms with Crippen LogP contribution in [0.15, 0.2) is 39.5 Å². The Hall–Kier alpha value is -2.34. The molecule has 1 aromatic heterocycles. The van der Waals surface area contributed by atoms with E-state index in [4.69, 9.17) is 32.4 Å². The van der Waals surface area contributed by atoms with Crippen molar-refractivity contribution in [3.63, 3.8) is 0 Å². The van der Waals surface area contributed by atoms with E-state index < -0.39 is 6.04 Å². The maximum atomic E-state index is 13.6. The summed E-state index contributed by atoms with van der Waals surface area (Å²) >= 11 is 12.4.